The predicted molar refractivity (Wildman–Crippen MR) is 76.0 cm³/mol. The summed E-state index contributed by atoms with van der Waals surface area (Å²) in [6.45, 7) is 0.337. The van der Waals surface area contributed by atoms with Crippen LogP contribution < -0.4 is 11.1 Å². The van der Waals surface area contributed by atoms with Crippen molar-refractivity contribution >= 4 is 23.2 Å². The Hall–Kier alpha value is -2.58. The second-order valence-electron chi connectivity index (χ2n) is 4.09. The van der Waals surface area contributed by atoms with Crippen molar-refractivity contribution in [2.24, 2.45) is 0 Å². The maximum atomic E-state index is 12.0. The van der Waals surface area contributed by atoms with Gasteiger partial charge in [0, 0.05) is 6.54 Å². The summed E-state index contributed by atoms with van der Waals surface area (Å²) >= 11 is 5.73. The van der Waals surface area contributed by atoms with Gasteiger partial charge in [-0.1, -0.05) is 23.7 Å². The van der Waals surface area contributed by atoms with Gasteiger partial charge in [0.15, 0.2) is 0 Å². The number of hydrogen-bond acceptors (Lipinski definition) is 4. The Bertz CT molecular complexity index is 677. The summed E-state index contributed by atoms with van der Waals surface area (Å²) in [5.74, 6) is -0.323. The topological polar surface area (TPSA) is 91.8 Å². The number of halogens is 1. The molecule has 1 heterocycles. The number of nitrogens with one attached hydrogen (secondary N) is 1. The van der Waals surface area contributed by atoms with Gasteiger partial charge in [-0.3, -0.25) is 4.79 Å². The van der Waals surface area contributed by atoms with Crippen LogP contribution in [-0.2, 0) is 6.54 Å². The molecule has 0 aliphatic heterocycles. The molecular formula is C14H11ClN4O. The highest BCUT2D eigenvalue weighted by molar-refractivity contribution is 6.29. The third-order valence-corrected chi connectivity index (χ3v) is 2.89. The first kappa shape index (κ1) is 13.8. The Morgan fingerprint density at radius 2 is 2.10 bits per heavy atom. The first-order valence-corrected chi connectivity index (χ1v) is 6.16. The van der Waals surface area contributed by atoms with E-state index in [0.717, 1.165) is 5.56 Å². The van der Waals surface area contributed by atoms with E-state index in [4.69, 9.17) is 22.6 Å². The molecule has 5 nitrogen and oxygen atoms in total. The van der Waals surface area contributed by atoms with Crippen LogP contribution in [0.3, 0.4) is 0 Å². The van der Waals surface area contributed by atoms with Crippen LogP contribution in [0.25, 0.3) is 0 Å². The molecule has 0 fully saturated rings. The van der Waals surface area contributed by atoms with Crippen molar-refractivity contribution in [2.75, 3.05) is 5.73 Å². The van der Waals surface area contributed by atoms with Crippen molar-refractivity contribution in [2.45, 2.75) is 6.54 Å². The summed E-state index contributed by atoms with van der Waals surface area (Å²) in [6.07, 6.45) is 1.35. The Labute approximate surface area is 121 Å². The minimum absolute atomic E-state index is 0.211. The molecule has 1 aromatic carbocycles. The average Bonchev–Trinajstić information content (AvgIpc) is 2.47. The van der Waals surface area contributed by atoms with E-state index in [1.165, 1.54) is 12.3 Å². The highest BCUT2D eigenvalue weighted by Crippen LogP contribution is 2.15. The van der Waals surface area contributed by atoms with Crippen LogP contribution in [0.1, 0.15) is 21.5 Å². The highest BCUT2D eigenvalue weighted by atomic mass is 35.5. The van der Waals surface area contributed by atoms with Gasteiger partial charge in [-0.2, -0.15) is 5.26 Å². The van der Waals surface area contributed by atoms with E-state index < -0.39 is 0 Å². The zero-order valence-electron chi connectivity index (χ0n) is 10.4. The molecule has 0 aliphatic carbocycles. The summed E-state index contributed by atoms with van der Waals surface area (Å²) in [5, 5.41) is 11.6. The van der Waals surface area contributed by atoms with Gasteiger partial charge in [0.05, 0.1) is 29.1 Å². The fourth-order valence-corrected chi connectivity index (χ4v) is 1.77. The van der Waals surface area contributed by atoms with E-state index >= 15 is 0 Å². The number of benzene rings is 1. The SMILES string of the molecule is N#Cc1ccc(CNC(=O)c2cc(Cl)ncc2N)cc1. The molecule has 0 spiro atoms. The van der Waals surface area contributed by atoms with Gasteiger partial charge in [-0.05, 0) is 23.8 Å². The zero-order valence-corrected chi connectivity index (χ0v) is 11.2. The Kier molecular flexibility index (Phi) is 4.18. The third-order valence-electron chi connectivity index (χ3n) is 2.68. The molecule has 2 aromatic rings. The lowest BCUT2D eigenvalue weighted by Crippen LogP contribution is -2.23. The van der Waals surface area contributed by atoms with E-state index in [9.17, 15) is 4.79 Å². The van der Waals surface area contributed by atoms with E-state index in [2.05, 4.69) is 10.3 Å². The van der Waals surface area contributed by atoms with Gasteiger partial charge in [0.2, 0.25) is 0 Å². The number of pyridine rings is 1. The van der Waals surface area contributed by atoms with Crippen LogP contribution in [0.5, 0.6) is 0 Å². The summed E-state index contributed by atoms with van der Waals surface area (Å²) in [6, 6.07) is 10.4. The third kappa shape index (κ3) is 3.25. The molecule has 20 heavy (non-hydrogen) atoms. The summed E-state index contributed by atoms with van der Waals surface area (Å²) in [5.41, 5.74) is 7.70. The van der Waals surface area contributed by atoms with Crippen molar-refractivity contribution in [3.63, 3.8) is 0 Å². The average molecular weight is 287 g/mol. The number of amides is 1. The number of nitriles is 1. The smallest absolute Gasteiger partial charge is 0.253 e. The highest BCUT2D eigenvalue weighted by Gasteiger charge is 2.10. The number of hydrogen-bond donors (Lipinski definition) is 2. The Morgan fingerprint density at radius 3 is 2.75 bits per heavy atom. The van der Waals surface area contributed by atoms with Gasteiger partial charge in [0.1, 0.15) is 5.15 Å². The normalized spacial score (nSPS) is 9.80. The molecule has 1 amide bonds. The molecule has 0 unspecified atom stereocenters. The molecule has 6 heteroatoms. The molecule has 0 aliphatic rings. The minimum Gasteiger partial charge on any atom is -0.397 e. The predicted octanol–water partition coefficient (Wildman–Crippen LogP) is 2.12. The van der Waals surface area contributed by atoms with Crippen molar-refractivity contribution in [3.05, 3.63) is 58.4 Å². The number of carbonyl (C=O) groups excluding carboxylic acids is 1. The van der Waals surface area contributed by atoms with Crippen LogP contribution in [0.2, 0.25) is 5.15 Å². The second kappa shape index (κ2) is 6.04. The quantitative estimate of drug-likeness (QED) is 0.845. The lowest BCUT2D eigenvalue weighted by Gasteiger charge is -2.07. The maximum Gasteiger partial charge on any atom is 0.253 e. The van der Waals surface area contributed by atoms with Crippen LogP contribution in [-0.4, -0.2) is 10.9 Å². The fourth-order valence-electron chi connectivity index (χ4n) is 1.61. The summed E-state index contributed by atoms with van der Waals surface area (Å²) in [4.78, 5) is 15.8. The fraction of sp³-hybridized carbons (Fsp3) is 0.0714. The Balaban J connectivity index is 2.04. The largest absolute Gasteiger partial charge is 0.397 e. The van der Waals surface area contributed by atoms with E-state index in [0.29, 0.717) is 17.7 Å². The van der Waals surface area contributed by atoms with Crippen LogP contribution in [0.4, 0.5) is 5.69 Å². The minimum atomic E-state index is -0.323. The number of nitrogen functional groups attached to an aromatic ring is 1. The van der Waals surface area contributed by atoms with Gasteiger partial charge in [0.25, 0.3) is 5.91 Å². The van der Waals surface area contributed by atoms with E-state index in [1.54, 1.807) is 24.3 Å². The monoisotopic (exact) mass is 286 g/mol. The van der Waals surface area contributed by atoms with Crippen LogP contribution >= 0.6 is 11.6 Å². The van der Waals surface area contributed by atoms with E-state index in [1.807, 2.05) is 6.07 Å². The molecule has 0 radical (unpaired) electrons. The zero-order chi connectivity index (χ0) is 14.5. The molecule has 0 atom stereocenters. The molecule has 0 saturated carbocycles. The first-order chi connectivity index (χ1) is 9.60. The van der Waals surface area contributed by atoms with Gasteiger partial charge in [-0.25, -0.2) is 4.98 Å². The summed E-state index contributed by atoms with van der Waals surface area (Å²) < 4.78 is 0. The van der Waals surface area contributed by atoms with Crippen LogP contribution in [0, 0.1) is 11.3 Å². The number of carbonyl (C=O) groups is 1. The molecule has 2 rings (SSSR count). The first-order valence-electron chi connectivity index (χ1n) is 5.78. The molecule has 0 bridgehead atoms. The number of nitrogens with zero attached hydrogens (tertiary/aromatic N) is 2. The lowest BCUT2D eigenvalue weighted by atomic mass is 10.1. The van der Waals surface area contributed by atoms with Crippen molar-refractivity contribution in [3.8, 4) is 6.07 Å². The summed E-state index contributed by atoms with van der Waals surface area (Å²) in [7, 11) is 0. The van der Waals surface area contributed by atoms with Crippen molar-refractivity contribution in [1.82, 2.24) is 10.3 Å². The molecular weight excluding hydrogens is 276 g/mol. The lowest BCUT2D eigenvalue weighted by molar-refractivity contribution is 0.0951. The van der Waals surface area contributed by atoms with Gasteiger partial charge < -0.3 is 11.1 Å². The Morgan fingerprint density at radius 1 is 1.40 bits per heavy atom. The number of rotatable bonds is 3. The molecule has 0 saturated heterocycles. The molecule has 1 aromatic heterocycles. The second-order valence-corrected chi connectivity index (χ2v) is 4.47. The number of aromatic nitrogens is 1. The molecule has 3 N–H and O–H groups in total. The number of anilines is 1. The standard InChI is InChI=1S/C14H11ClN4O/c15-13-5-11(12(17)8-18-13)14(20)19-7-10-3-1-9(6-16)2-4-10/h1-5,8H,7,17H2,(H,19,20). The maximum absolute atomic E-state index is 12.0. The molecule has 100 valence electrons. The van der Waals surface area contributed by atoms with Crippen molar-refractivity contribution < 1.29 is 4.79 Å². The van der Waals surface area contributed by atoms with Gasteiger partial charge in [-0.15, -0.1) is 0 Å². The van der Waals surface area contributed by atoms with E-state index in [-0.39, 0.29) is 16.7 Å². The van der Waals surface area contributed by atoms with Crippen LogP contribution in [0.15, 0.2) is 36.5 Å². The van der Waals surface area contributed by atoms with Gasteiger partial charge >= 0.3 is 0 Å². The number of nitrogens with two attached hydrogens (primary N) is 1. The van der Waals surface area contributed by atoms with Crippen molar-refractivity contribution in [1.29, 1.82) is 5.26 Å².